The molecule has 0 saturated carbocycles. The highest BCUT2D eigenvalue weighted by molar-refractivity contribution is 5.88. The minimum atomic E-state index is -1.19. The van der Waals surface area contributed by atoms with Gasteiger partial charge >= 0.3 is 12.1 Å². The maximum absolute atomic E-state index is 14.3. The van der Waals surface area contributed by atoms with Gasteiger partial charge in [-0.3, -0.25) is 24.8 Å². The Morgan fingerprint density at radius 3 is 1.57 bits per heavy atom. The number of morpholine rings is 2. The molecule has 0 radical (unpaired) electrons. The zero-order chi connectivity index (χ0) is 46.7. The Morgan fingerprint density at radius 2 is 1.08 bits per heavy atom. The van der Waals surface area contributed by atoms with E-state index in [1.165, 1.54) is 0 Å². The van der Waals surface area contributed by atoms with Crippen LogP contribution >= 0.6 is 0 Å². The van der Waals surface area contributed by atoms with Gasteiger partial charge in [0, 0.05) is 79.5 Å². The maximum atomic E-state index is 14.3. The highest BCUT2D eigenvalue weighted by atomic mass is 16.5. The summed E-state index contributed by atoms with van der Waals surface area (Å²) in [5.41, 5.74) is 6.89. The van der Waals surface area contributed by atoms with Crippen molar-refractivity contribution in [2.24, 2.45) is 11.8 Å². The van der Waals surface area contributed by atoms with Crippen LogP contribution in [-0.4, -0.2) is 177 Å². The summed E-state index contributed by atoms with van der Waals surface area (Å²) in [6.45, 7) is 15.9. The molecule has 356 valence electrons. The number of likely N-dealkylation sites (N-methyl/N-ethyl adjacent to an activating group) is 2. The molecule has 3 aromatic rings. The number of aliphatic hydroxyl groups is 1. The number of rotatable bonds is 22. The molecule has 2 heterocycles. The number of ether oxygens (including phenoxy) is 2. The summed E-state index contributed by atoms with van der Waals surface area (Å²) < 4.78 is 10.9. The van der Waals surface area contributed by atoms with Crippen LogP contribution in [0.25, 0.3) is 11.1 Å². The molecule has 2 fully saturated rings. The van der Waals surface area contributed by atoms with Crippen LogP contribution in [-0.2, 0) is 32.0 Å². The fraction of sp³-hybridized carbons (Fsp3) is 0.551. The number of hydrogen-bond acceptors (Lipinski definition) is 10. The standard InChI is InChI=1S/C49H73N9O7/c1-36(2)44(51-48(62)54(5)21-23-56-25-29-64-30-26-56)46(60)50-42(33-38-13-9-7-10-14-38)43(59)35-58(34-39-17-19-41(20-18-39)40-15-11-8-12-16-40)53-47(61)45(37(3)4)52-49(63)55(6)22-24-57-27-31-65-32-28-57/h7-20,36-37,42-45,59H,21-35H2,1-6H3,(H,50,60)(H,51,62)(H,52,63)(H,53,61)/t42-,43-,44-,45-/m0/s1. The summed E-state index contributed by atoms with van der Waals surface area (Å²) in [6, 6.07) is 24.3. The summed E-state index contributed by atoms with van der Waals surface area (Å²) in [7, 11) is 3.43. The number of aliphatic hydroxyl groups excluding tert-OH is 1. The molecule has 65 heavy (non-hydrogen) atoms. The summed E-state index contributed by atoms with van der Waals surface area (Å²) in [5, 5.41) is 22.8. The van der Waals surface area contributed by atoms with E-state index in [9.17, 15) is 24.3 Å². The third-order valence-electron chi connectivity index (χ3n) is 12.1. The maximum Gasteiger partial charge on any atom is 0.317 e. The van der Waals surface area contributed by atoms with E-state index in [1.807, 2.05) is 113 Å². The second-order valence-corrected chi connectivity index (χ2v) is 17.9. The van der Waals surface area contributed by atoms with Crippen molar-refractivity contribution in [1.29, 1.82) is 0 Å². The molecule has 3 aromatic carbocycles. The van der Waals surface area contributed by atoms with Crippen molar-refractivity contribution in [3.8, 4) is 11.1 Å². The monoisotopic (exact) mass is 900 g/mol. The van der Waals surface area contributed by atoms with Gasteiger partial charge in [0.05, 0.1) is 38.6 Å². The lowest BCUT2D eigenvalue weighted by Gasteiger charge is -2.34. The molecule has 2 saturated heterocycles. The van der Waals surface area contributed by atoms with Crippen LogP contribution in [0.1, 0.15) is 38.8 Å². The molecular formula is C49H73N9O7. The van der Waals surface area contributed by atoms with Crippen molar-refractivity contribution < 1.29 is 33.8 Å². The van der Waals surface area contributed by atoms with Gasteiger partial charge in [0.25, 0.3) is 5.91 Å². The van der Waals surface area contributed by atoms with E-state index in [2.05, 4.69) is 31.2 Å². The van der Waals surface area contributed by atoms with E-state index in [1.54, 1.807) is 28.9 Å². The fourth-order valence-corrected chi connectivity index (χ4v) is 7.80. The first-order valence-electron chi connectivity index (χ1n) is 23.1. The Labute approximate surface area is 385 Å². The molecule has 5 rings (SSSR count). The summed E-state index contributed by atoms with van der Waals surface area (Å²) in [4.78, 5) is 63.0. The van der Waals surface area contributed by atoms with Crippen LogP contribution in [0, 0.1) is 11.8 Å². The van der Waals surface area contributed by atoms with E-state index in [0.717, 1.165) is 48.4 Å². The number of nitrogens with one attached hydrogen (secondary N) is 4. The lowest BCUT2D eigenvalue weighted by atomic mass is 9.98. The van der Waals surface area contributed by atoms with Gasteiger partial charge in [-0.2, -0.15) is 0 Å². The minimum Gasteiger partial charge on any atom is -0.390 e. The molecule has 0 unspecified atom stereocenters. The topological polar surface area (TPSA) is 171 Å². The minimum absolute atomic E-state index is 0.0782. The highest BCUT2D eigenvalue weighted by Gasteiger charge is 2.33. The van der Waals surface area contributed by atoms with Crippen LogP contribution in [0.4, 0.5) is 9.59 Å². The lowest BCUT2D eigenvalue weighted by Crippen LogP contribution is -2.60. The van der Waals surface area contributed by atoms with Crippen LogP contribution in [0.2, 0.25) is 0 Å². The molecule has 0 aliphatic carbocycles. The zero-order valence-electron chi connectivity index (χ0n) is 39.3. The summed E-state index contributed by atoms with van der Waals surface area (Å²) >= 11 is 0. The van der Waals surface area contributed by atoms with Gasteiger partial charge in [0.1, 0.15) is 12.1 Å². The Bertz CT molecular complexity index is 1890. The summed E-state index contributed by atoms with van der Waals surface area (Å²) in [5.74, 6) is -1.40. The number of carbonyl (C=O) groups excluding carboxylic acids is 4. The first kappa shape index (κ1) is 50.9. The second kappa shape index (κ2) is 26.1. The normalized spacial score (nSPS) is 16.6. The predicted molar refractivity (Wildman–Crippen MR) is 253 cm³/mol. The van der Waals surface area contributed by atoms with Crippen molar-refractivity contribution >= 4 is 23.9 Å². The van der Waals surface area contributed by atoms with Crippen molar-refractivity contribution in [3.63, 3.8) is 0 Å². The van der Waals surface area contributed by atoms with Gasteiger partial charge in [-0.1, -0.05) is 113 Å². The largest absolute Gasteiger partial charge is 0.390 e. The Morgan fingerprint density at radius 1 is 0.615 bits per heavy atom. The molecule has 6 amide bonds. The van der Waals surface area contributed by atoms with E-state index in [-0.39, 0.29) is 43.4 Å². The molecule has 0 spiro atoms. The molecule has 16 heteroatoms. The van der Waals surface area contributed by atoms with Crippen LogP contribution in [0.15, 0.2) is 84.9 Å². The molecule has 0 aromatic heterocycles. The SMILES string of the molecule is CC(C)[C@H](NC(=O)N(C)CCN1CCOCC1)C(=O)N[C@@H](Cc1ccccc1)[C@@H](O)CN(Cc1ccc(-c2ccccc2)cc1)NC(=O)[C@@H](NC(=O)N(C)CCN1CCOCC1)C(C)C. The fourth-order valence-electron chi connectivity index (χ4n) is 7.80. The van der Waals surface area contributed by atoms with Gasteiger partial charge in [-0.15, -0.1) is 0 Å². The lowest BCUT2D eigenvalue weighted by molar-refractivity contribution is -0.131. The van der Waals surface area contributed by atoms with Crippen molar-refractivity contribution in [1.82, 2.24) is 46.0 Å². The van der Waals surface area contributed by atoms with E-state index < -0.39 is 36.0 Å². The average molecular weight is 900 g/mol. The zero-order valence-corrected chi connectivity index (χ0v) is 39.3. The third kappa shape index (κ3) is 16.7. The van der Waals surface area contributed by atoms with Crippen molar-refractivity contribution in [2.45, 2.75) is 64.9 Å². The number of hydrazine groups is 1. The van der Waals surface area contributed by atoms with Crippen LogP contribution in [0.3, 0.4) is 0 Å². The molecule has 0 bridgehead atoms. The molecule has 2 aliphatic rings. The number of carbonyl (C=O) groups is 4. The smallest absolute Gasteiger partial charge is 0.317 e. The van der Waals surface area contributed by atoms with Gasteiger partial charge in [-0.05, 0) is 40.5 Å². The first-order valence-corrected chi connectivity index (χ1v) is 23.1. The Hall–Kier alpha value is -5.10. The van der Waals surface area contributed by atoms with Crippen LogP contribution in [0.5, 0.6) is 0 Å². The summed E-state index contributed by atoms with van der Waals surface area (Å²) in [6.07, 6.45) is -0.915. The number of amides is 6. The number of nitrogens with zero attached hydrogens (tertiary/aromatic N) is 5. The van der Waals surface area contributed by atoms with E-state index >= 15 is 0 Å². The number of benzene rings is 3. The predicted octanol–water partition coefficient (Wildman–Crippen LogP) is 3.27. The number of hydrogen-bond donors (Lipinski definition) is 5. The Balaban J connectivity index is 1.32. The van der Waals surface area contributed by atoms with Crippen LogP contribution < -0.4 is 21.4 Å². The van der Waals surface area contributed by atoms with Gasteiger partial charge in [0.2, 0.25) is 5.91 Å². The molecule has 4 atom stereocenters. The van der Waals surface area contributed by atoms with Gasteiger partial charge in [0.15, 0.2) is 0 Å². The average Bonchev–Trinajstić information content (AvgIpc) is 3.31. The first-order chi connectivity index (χ1) is 31.3. The van der Waals surface area contributed by atoms with Gasteiger partial charge < -0.3 is 40.3 Å². The van der Waals surface area contributed by atoms with Gasteiger partial charge in [-0.25, -0.2) is 14.6 Å². The van der Waals surface area contributed by atoms with E-state index in [0.29, 0.717) is 52.6 Å². The van der Waals surface area contributed by atoms with E-state index in [4.69, 9.17) is 9.47 Å². The highest BCUT2D eigenvalue weighted by Crippen LogP contribution is 2.20. The third-order valence-corrected chi connectivity index (χ3v) is 12.1. The van der Waals surface area contributed by atoms with Crippen molar-refractivity contribution in [2.75, 3.05) is 99.4 Å². The molecular weight excluding hydrogens is 827 g/mol. The van der Waals surface area contributed by atoms with Crippen molar-refractivity contribution in [3.05, 3.63) is 96.1 Å². The Kier molecular flexibility index (Phi) is 20.5. The molecule has 5 N–H and O–H groups in total. The quantitative estimate of drug-likeness (QED) is 0.0944. The number of urea groups is 2. The molecule has 16 nitrogen and oxygen atoms in total. The molecule has 2 aliphatic heterocycles. The second-order valence-electron chi connectivity index (χ2n) is 17.9.